The monoisotopic (exact) mass is 306 g/mol. The van der Waals surface area contributed by atoms with Crippen molar-refractivity contribution in [2.24, 2.45) is 0 Å². The Morgan fingerprint density at radius 1 is 1.30 bits per heavy atom. The lowest BCUT2D eigenvalue weighted by Crippen LogP contribution is -2.52. The van der Waals surface area contributed by atoms with E-state index in [-0.39, 0.29) is 11.5 Å². The van der Waals surface area contributed by atoms with Crippen molar-refractivity contribution in [3.63, 3.8) is 0 Å². The molecule has 1 aliphatic rings. The number of aliphatic carboxylic acids is 1. The number of hydrogen-bond acceptors (Lipinski definition) is 5. The van der Waals surface area contributed by atoms with Crippen LogP contribution in [0.25, 0.3) is 0 Å². The van der Waals surface area contributed by atoms with Crippen LogP contribution in [0, 0.1) is 0 Å². The molecular formula is C13H26N2O4S. The summed E-state index contributed by atoms with van der Waals surface area (Å²) in [4.78, 5) is 13.6. The van der Waals surface area contributed by atoms with Crippen molar-refractivity contribution < 1.29 is 18.3 Å². The highest BCUT2D eigenvalue weighted by Crippen LogP contribution is 2.19. The van der Waals surface area contributed by atoms with Gasteiger partial charge in [-0.25, -0.2) is 8.42 Å². The molecule has 0 saturated carbocycles. The van der Waals surface area contributed by atoms with E-state index in [0.717, 1.165) is 13.0 Å². The minimum absolute atomic E-state index is 0.220. The number of likely N-dealkylation sites (N-methyl/N-ethyl adjacent to an activating group) is 1. The standard InChI is InChI=1S/C13H26N2O4S/c1-3-13(12(16)17,14-4-2)6-5-7-15-8-10-20(18,19)11-9-15/h14H,3-11H2,1-2H3,(H,16,17). The van der Waals surface area contributed by atoms with E-state index >= 15 is 0 Å². The minimum atomic E-state index is -2.84. The normalized spacial score (nSPS) is 22.3. The number of nitrogens with one attached hydrogen (secondary N) is 1. The Bertz CT molecular complexity index is 410. The topological polar surface area (TPSA) is 86.7 Å². The first-order valence-corrected chi connectivity index (χ1v) is 9.08. The molecule has 1 rings (SSSR count). The van der Waals surface area contributed by atoms with Crippen molar-refractivity contribution in [2.75, 3.05) is 37.7 Å². The van der Waals surface area contributed by atoms with Gasteiger partial charge in [0.1, 0.15) is 5.54 Å². The fourth-order valence-electron chi connectivity index (χ4n) is 2.64. The largest absolute Gasteiger partial charge is 0.480 e. The molecule has 1 saturated heterocycles. The highest BCUT2D eigenvalue weighted by Gasteiger charge is 2.35. The first-order valence-electron chi connectivity index (χ1n) is 7.26. The molecule has 20 heavy (non-hydrogen) atoms. The van der Waals surface area contributed by atoms with Crippen LogP contribution in [-0.4, -0.2) is 67.6 Å². The Balaban J connectivity index is 2.43. The van der Waals surface area contributed by atoms with Gasteiger partial charge in [0, 0.05) is 13.1 Å². The van der Waals surface area contributed by atoms with Crippen LogP contribution < -0.4 is 5.32 Å². The smallest absolute Gasteiger partial charge is 0.323 e. The van der Waals surface area contributed by atoms with Gasteiger partial charge < -0.3 is 15.3 Å². The zero-order valence-electron chi connectivity index (χ0n) is 12.4. The summed E-state index contributed by atoms with van der Waals surface area (Å²) >= 11 is 0. The Labute approximate surface area is 121 Å². The molecule has 2 N–H and O–H groups in total. The minimum Gasteiger partial charge on any atom is -0.480 e. The third kappa shape index (κ3) is 4.71. The van der Waals surface area contributed by atoms with E-state index in [0.29, 0.717) is 32.5 Å². The van der Waals surface area contributed by atoms with E-state index < -0.39 is 21.3 Å². The maximum absolute atomic E-state index is 11.5. The Morgan fingerprint density at radius 2 is 1.90 bits per heavy atom. The fourth-order valence-corrected chi connectivity index (χ4v) is 3.92. The van der Waals surface area contributed by atoms with Crippen molar-refractivity contribution in [1.29, 1.82) is 0 Å². The van der Waals surface area contributed by atoms with Gasteiger partial charge in [0.25, 0.3) is 0 Å². The summed E-state index contributed by atoms with van der Waals surface area (Å²) in [5.74, 6) is -0.362. The number of sulfone groups is 1. The van der Waals surface area contributed by atoms with Crippen molar-refractivity contribution in [3.8, 4) is 0 Å². The molecule has 1 aliphatic heterocycles. The quantitative estimate of drug-likeness (QED) is 0.672. The maximum Gasteiger partial charge on any atom is 0.323 e. The zero-order chi connectivity index (χ0) is 15.2. The number of hydrogen-bond donors (Lipinski definition) is 2. The Kier molecular flexibility index (Phi) is 6.42. The van der Waals surface area contributed by atoms with Gasteiger partial charge in [0.05, 0.1) is 11.5 Å². The summed E-state index contributed by atoms with van der Waals surface area (Å²) in [6.07, 6.45) is 1.87. The van der Waals surface area contributed by atoms with Gasteiger partial charge in [-0.3, -0.25) is 4.79 Å². The molecule has 1 heterocycles. The van der Waals surface area contributed by atoms with Crippen LogP contribution in [0.3, 0.4) is 0 Å². The van der Waals surface area contributed by atoms with Crippen molar-refractivity contribution in [3.05, 3.63) is 0 Å². The van der Waals surface area contributed by atoms with Gasteiger partial charge in [-0.2, -0.15) is 0 Å². The van der Waals surface area contributed by atoms with Crippen LogP contribution >= 0.6 is 0 Å². The van der Waals surface area contributed by atoms with E-state index in [1.165, 1.54) is 0 Å². The van der Waals surface area contributed by atoms with Crippen molar-refractivity contribution >= 4 is 15.8 Å². The zero-order valence-corrected chi connectivity index (χ0v) is 13.2. The molecule has 0 spiro atoms. The SMILES string of the molecule is CCNC(CC)(CCCN1CCS(=O)(=O)CC1)C(=O)O. The summed E-state index contributed by atoms with van der Waals surface area (Å²) in [6, 6.07) is 0. The highest BCUT2D eigenvalue weighted by atomic mass is 32.2. The summed E-state index contributed by atoms with van der Waals surface area (Å²) in [5.41, 5.74) is -0.851. The Morgan fingerprint density at radius 3 is 2.35 bits per heavy atom. The van der Waals surface area contributed by atoms with Crippen LogP contribution in [0.1, 0.15) is 33.1 Å². The van der Waals surface area contributed by atoms with E-state index in [2.05, 4.69) is 10.2 Å². The second-order valence-corrected chi connectivity index (χ2v) is 7.67. The van der Waals surface area contributed by atoms with E-state index in [1.807, 2.05) is 13.8 Å². The first-order chi connectivity index (χ1) is 9.35. The second kappa shape index (κ2) is 7.38. The molecule has 0 aromatic carbocycles. The van der Waals surface area contributed by atoms with Gasteiger partial charge in [-0.1, -0.05) is 13.8 Å². The van der Waals surface area contributed by atoms with Gasteiger partial charge in [-0.05, 0) is 32.4 Å². The highest BCUT2D eigenvalue weighted by molar-refractivity contribution is 7.91. The van der Waals surface area contributed by atoms with Gasteiger partial charge in [0.15, 0.2) is 9.84 Å². The molecule has 0 aromatic rings. The van der Waals surface area contributed by atoms with Gasteiger partial charge >= 0.3 is 5.97 Å². The summed E-state index contributed by atoms with van der Waals surface area (Å²) < 4.78 is 22.7. The maximum atomic E-state index is 11.5. The molecule has 1 fully saturated rings. The van der Waals surface area contributed by atoms with Crippen molar-refractivity contribution in [1.82, 2.24) is 10.2 Å². The molecular weight excluding hydrogens is 280 g/mol. The van der Waals surface area contributed by atoms with E-state index in [9.17, 15) is 18.3 Å². The third-order valence-electron chi connectivity index (χ3n) is 4.04. The first kappa shape index (κ1) is 17.4. The molecule has 1 atom stereocenters. The van der Waals surface area contributed by atoms with E-state index in [4.69, 9.17) is 0 Å². The number of rotatable bonds is 8. The Hall–Kier alpha value is -0.660. The average Bonchev–Trinajstić information content (AvgIpc) is 2.39. The molecule has 0 amide bonds. The molecule has 0 bridgehead atoms. The molecule has 0 aromatic heterocycles. The lowest BCUT2D eigenvalue weighted by Gasteiger charge is -2.31. The number of carbonyl (C=O) groups is 1. The summed E-state index contributed by atoms with van der Waals surface area (Å²) in [5, 5.41) is 12.5. The van der Waals surface area contributed by atoms with Crippen molar-refractivity contribution in [2.45, 2.75) is 38.6 Å². The lowest BCUT2D eigenvalue weighted by atomic mass is 9.90. The van der Waals surface area contributed by atoms with Crippen LogP contribution in [-0.2, 0) is 14.6 Å². The van der Waals surface area contributed by atoms with Crippen LogP contribution in [0.4, 0.5) is 0 Å². The predicted molar refractivity (Wildman–Crippen MR) is 78.7 cm³/mol. The molecule has 0 radical (unpaired) electrons. The molecule has 1 unspecified atom stereocenters. The predicted octanol–water partition coefficient (Wildman–Crippen LogP) is 0.340. The van der Waals surface area contributed by atoms with E-state index in [1.54, 1.807) is 0 Å². The van der Waals surface area contributed by atoms with Gasteiger partial charge in [-0.15, -0.1) is 0 Å². The molecule has 0 aliphatic carbocycles. The lowest BCUT2D eigenvalue weighted by molar-refractivity contribution is -0.145. The number of carboxylic acids is 1. The average molecular weight is 306 g/mol. The molecule has 6 nitrogen and oxygen atoms in total. The summed E-state index contributed by atoms with van der Waals surface area (Å²) in [7, 11) is -2.84. The summed E-state index contributed by atoms with van der Waals surface area (Å²) in [6.45, 7) is 6.30. The number of nitrogens with zero attached hydrogens (tertiary/aromatic N) is 1. The van der Waals surface area contributed by atoms with Crippen LogP contribution in [0.5, 0.6) is 0 Å². The van der Waals surface area contributed by atoms with Gasteiger partial charge in [0.2, 0.25) is 0 Å². The van der Waals surface area contributed by atoms with Crippen LogP contribution in [0.2, 0.25) is 0 Å². The number of carboxylic acid groups (broad SMARTS) is 1. The van der Waals surface area contributed by atoms with Crippen LogP contribution in [0.15, 0.2) is 0 Å². The molecule has 7 heteroatoms. The third-order valence-corrected chi connectivity index (χ3v) is 5.65. The fraction of sp³-hybridized carbons (Fsp3) is 0.923. The molecule has 118 valence electrons. The second-order valence-electron chi connectivity index (χ2n) is 5.37.